The van der Waals surface area contributed by atoms with Gasteiger partial charge in [-0.2, -0.15) is 9.13 Å². The lowest BCUT2D eigenvalue weighted by molar-refractivity contribution is -0.143. The van der Waals surface area contributed by atoms with E-state index in [1.165, 1.54) is 54.2 Å². The maximum absolute atomic E-state index is 15.1. The van der Waals surface area contributed by atoms with Crippen LogP contribution in [-0.2, 0) is 92.1 Å². The Kier molecular flexibility index (Phi) is 30.1. The second-order valence-corrected chi connectivity index (χ2v) is 24.8. The van der Waals surface area contributed by atoms with Gasteiger partial charge in [-0.15, -0.1) is 0 Å². The molecule has 4 aromatic rings. The van der Waals surface area contributed by atoms with Gasteiger partial charge in [0.1, 0.15) is 60.1 Å². The zero-order valence-electron chi connectivity index (χ0n) is 54.3. The van der Waals surface area contributed by atoms with Crippen molar-refractivity contribution in [2.75, 3.05) is 13.1 Å². The van der Waals surface area contributed by atoms with Gasteiger partial charge in [0.15, 0.2) is 5.96 Å². The smallest absolute Gasteiger partial charge is 0.508 e. The summed E-state index contributed by atoms with van der Waals surface area (Å²) in [7, 11) is -3.62. The predicted octanol–water partition coefficient (Wildman–Crippen LogP) is -0.787. The van der Waals surface area contributed by atoms with Gasteiger partial charge in [0, 0.05) is 62.6 Å². The Balaban J connectivity index is 1.41. The van der Waals surface area contributed by atoms with E-state index in [4.69, 9.17) is 17.2 Å². The fourth-order valence-corrected chi connectivity index (χ4v) is 10.8. The number of likely N-dealkylation sites (tertiary alicyclic amines) is 1. The molecule has 0 spiro atoms. The summed E-state index contributed by atoms with van der Waals surface area (Å²) in [6.45, 7) is 10.1. The molecule has 5 rings (SSSR count). The number of carbonyl (C=O) groups is 11. The average molecular weight is 1360 g/mol. The highest BCUT2D eigenvalue weighted by Gasteiger charge is 2.42. The number of nitrogens with zero attached hydrogens (tertiary/aromatic N) is 4. The minimum atomic E-state index is -3.62. The molecule has 1 saturated heterocycles. The van der Waals surface area contributed by atoms with Gasteiger partial charge in [-0.25, -0.2) is 14.8 Å². The largest absolute Gasteiger partial charge is 0.531 e. The molecule has 0 bridgehead atoms. The zero-order valence-corrected chi connectivity index (χ0v) is 55.2. The van der Waals surface area contributed by atoms with Crippen LogP contribution in [-0.4, -0.2) is 180 Å². The second-order valence-electron chi connectivity index (χ2n) is 24.2. The van der Waals surface area contributed by atoms with E-state index < -0.39 is 152 Å². The number of rotatable bonds is 38. The highest BCUT2D eigenvalue weighted by Crippen LogP contribution is 2.22. The van der Waals surface area contributed by atoms with E-state index in [2.05, 4.69) is 72.0 Å². The molecule has 1 aliphatic heterocycles. The lowest BCUT2D eigenvalue weighted by atomic mass is 9.96. The first-order chi connectivity index (χ1) is 45.5. The number of hydrogen-bond donors (Lipinski definition) is 15. The van der Waals surface area contributed by atoms with E-state index in [0.29, 0.717) is 35.4 Å². The van der Waals surface area contributed by atoms with Crippen LogP contribution in [0, 0.1) is 17.8 Å². The summed E-state index contributed by atoms with van der Waals surface area (Å²) in [6, 6.07) is 0.194. The minimum Gasteiger partial charge on any atom is -0.508 e. The predicted molar refractivity (Wildman–Crippen MR) is 345 cm³/mol. The van der Waals surface area contributed by atoms with Gasteiger partial charge in [0.25, 0.3) is 0 Å². The normalized spacial score (nSPS) is 15.9. The summed E-state index contributed by atoms with van der Waals surface area (Å²) in [5.74, 6) is -12.2. The Morgan fingerprint density at radius 3 is 1.72 bits per heavy atom. The molecule has 1 fully saturated rings. The van der Waals surface area contributed by atoms with E-state index >= 15 is 4.79 Å². The van der Waals surface area contributed by atoms with Crippen LogP contribution in [0.1, 0.15) is 109 Å². The van der Waals surface area contributed by atoms with Gasteiger partial charge >= 0.3 is 19.8 Å². The number of carbonyl (C=O) groups excluding carboxylic acids is 10. The zero-order chi connectivity index (χ0) is 70.8. The number of benzene rings is 2. The van der Waals surface area contributed by atoms with Crippen LogP contribution in [0.3, 0.4) is 0 Å². The van der Waals surface area contributed by atoms with Crippen LogP contribution in [0.25, 0.3) is 0 Å². The van der Waals surface area contributed by atoms with Crippen molar-refractivity contribution in [2.45, 2.75) is 173 Å². The Bertz CT molecular complexity index is 3380. The minimum absolute atomic E-state index is 0.0203. The standard InChI is InChI=1S/C62H88N17O16P/c1-7-35(6)51(78-56(87)44(25-37-17-19-40(80)20-18-37)74-58(89)50(34(4)5)77-53(84)42(15-11-21-68-62(64)65)71-52(83)41(63)28-49(81)82)59(90)75-46(27-39-30-67-32-70-39)60(91)79-22-12-16-48(79)57(88)73-43(24-36-13-9-8-10-14-36)54(85)72-45(26-38-29-66-31-69-38)55(86)76-47(23-33(2)3)61(92)95-96(93)94/h8-10,13-14,17-20,29-35,41-48,50-51,80H,7,11-12,15-16,21-28,63H2,1-6H3,(H,66,69)(H,67,70)(H,71,83)(H,72,85)(H,73,88)(H,74,89)(H,75,90)(H,76,86)(H,77,84)(H,78,87)(H,81,82)(H4,64,65,68)/t35-,41-,42-,43-,44-,45-,46-,47-,48-,50-,51-/m0/s1. The average Bonchev–Trinajstić information content (AvgIpc) is 1.55. The molecule has 0 unspecified atom stereocenters. The maximum atomic E-state index is 15.1. The van der Waals surface area contributed by atoms with Gasteiger partial charge in [-0.1, -0.05) is 90.4 Å². The van der Waals surface area contributed by atoms with Crippen LogP contribution in [0.15, 0.2) is 84.6 Å². The maximum Gasteiger partial charge on any atom is 0.531 e. The third-order valence-electron chi connectivity index (χ3n) is 15.8. The molecule has 33 nitrogen and oxygen atoms in total. The van der Waals surface area contributed by atoms with E-state index in [1.54, 1.807) is 71.9 Å². The number of aliphatic imine (C=N–C) groups is 1. The second kappa shape index (κ2) is 37.7. The van der Waals surface area contributed by atoms with E-state index in [1.807, 2.05) is 0 Å². The summed E-state index contributed by atoms with van der Waals surface area (Å²) in [4.78, 5) is 173. The fraction of sp³-hybridized carbons (Fsp3) is 0.516. The molecule has 0 aliphatic carbocycles. The van der Waals surface area contributed by atoms with Crippen molar-refractivity contribution in [2.24, 2.45) is 39.9 Å². The number of phenols is 1. The van der Waals surface area contributed by atoms with Crippen molar-refractivity contribution in [3.63, 3.8) is 0 Å². The quantitative estimate of drug-likeness (QED) is 0.0113. The lowest BCUT2D eigenvalue weighted by Gasteiger charge is -2.32. The molecule has 0 saturated carbocycles. The van der Waals surface area contributed by atoms with Crippen LogP contribution in [0.5, 0.6) is 5.75 Å². The Morgan fingerprint density at radius 2 is 1.17 bits per heavy atom. The number of nitrogens with one attached hydrogen (secondary N) is 10. The SMILES string of the molecule is CC[C@H](C)[C@H](NC(=O)[C@H](Cc1ccc(O)cc1)NC(=O)[C@@H](NC(=O)[C@H](CCCN=C(N)N)NC(=O)[C@@H](N)CC(=O)O)C(C)C)C(=O)N[C@@H](Cc1cnc[nH]1)C(=O)N1CCC[C@H]1C(=O)N[C@@H](Cc1ccccc1)C(=O)N[C@@H](Cc1cnc[nH]1)C(=O)N[C@@H](CC(C)C)C(=O)OP(=O)=O. The van der Waals surface area contributed by atoms with Crippen molar-refractivity contribution < 1.29 is 76.6 Å². The molecule has 96 heavy (non-hydrogen) atoms. The highest BCUT2D eigenvalue weighted by atomic mass is 31.1. The van der Waals surface area contributed by atoms with E-state index in [-0.39, 0.29) is 82.1 Å². The number of aromatic nitrogens is 4. The molecule has 3 heterocycles. The fourth-order valence-electron chi connectivity index (χ4n) is 10.5. The molecule has 0 radical (unpaired) electrons. The number of phenolic OH excluding ortho intramolecular Hbond substituents is 1. The van der Waals surface area contributed by atoms with Crippen molar-refractivity contribution in [1.82, 2.24) is 67.4 Å². The van der Waals surface area contributed by atoms with Crippen LogP contribution in [0.2, 0.25) is 0 Å². The Hall–Kier alpha value is -10.0. The number of aromatic amines is 2. The van der Waals surface area contributed by atoms with Gasteiger partial charge in [-0.05, 0) is 73.1 Å². The van der Waals surface area contributed by atoms with Gasteiger partial charge in [-0.3, -0.25) is 52.9 Å². The molecular weight excluding hydrogens is 1270 g/mol. The number of amides is 9. The first-order valence-corrected chi connectivity index (χ1v) is 32.5. The number of hydrogen-bond acceptors (Lipinski definition) is 19. The van der Waals surface area contributed by atoms with Crippen molar-refractivity contribution in [1.29, 1.82) is 0 Å². The van der Waals surface area contributed by atoms with Gasteiger partial charge in [0.05, 0.1) is 25.1 Å². The number of nitrogens with two attached hydrogens (primary N) is 3. The van der Waals surface area contributed by atoms with E-state index in [0.717, 1.165) is 0 Å². The number of aliphatic carboxylic acids is 1. The van der Waals surface area contributed by atoms with Crippen LogP contribution >= 0.6 is 7.91 Å². The molecule has 522 valence electrons. The number of imidazole rings is 2. The molecule has 34 heteroatoms. The van der Waals surface area contributed by atoms with E-state index in [9.17, 15) is 67.3 Å². The number of aromatic hydroxyl groups is 1. The van der Waals surface area contributed by atoms with Gasteiger partial charge in [0.2, 0.25) is 53.2 Å². The molecule has 2 aromatic carbocycles. The highest BCUT2D eigenvalue weighted by molar-refractivity contribution is 7.25. The Morgan fingerprint density at radius 1 is 0.656 bits per heavy atom. The van der Waals surface area contributed by atoms with Crippen LogP contribution < -0.4 is 59.7 Å². The first kappa shape index (κ1) is 76.7. The molecule has 1 aliphatic rings. The number of carboxylic acids is 1. The number of guanidine groups is 1. The van der Waals surface area contributed by atoms with Crippen LogP contribution in [0.4, 0.5) is 0 Å². The van der Waals surface area contributed by atoms with Crippen molar-refractivity contribution in [3.05, 3.63) is 102 Å². The first-order valence-electron chi connectivity index (χ1n) is 31.4. The third kappa shape index (κ3) is 24.7. The van der Waals surface area contributed by atoms with Gasteiger partial charge < -0.3 is 89.3 Å². The van der Waals surface area contributed by atoms with Crippen molar-refractivity contribution in [3.8, 4) is 5.75 Å². The summed E-state index contributed by atoms with van der Waals surface area (Å²) in [5.41, 5.74) is 18.5. The number of carboxylic acid groups (broad SMARTS) is 1. The monoisotopic (exact) mass is 1360 g/mol. The van der Waals surface area contributed by atoms with Crippen molar-refractivity contribution >= 4 is 79.0 Å². The Labute approximate surface area is 554 Å². The third-order valence-corrected chi connectivity index (χ3v) is 16.1. The lowest BCUT2D eigenvalue weighted by Crippen LogP contribution is -2.62. The molecule has 11 atom stereocenters. The topological polar surface area (TPSA) is 519 Å². The summed E-state index contributed by atoms with van der Waals surface area (Å²) >= 11 is 0. The summed E-state index contributed by atoms with van der Waals surface area (Å²) in [6.07, 6.45) is 4.75. The summed E-state index contributed by atoms with van der Waals surface area (Å²) < 4.78 is 27.2. The summed E-state index contributed by atoms with van der Waals surface area (Å²) in [5, 5.41) is 40.7. The molecule has 2 aromatic heterocycles. The number of H-pyrrole nitrogens is 2. The molecule has 9 amide bonds. The molecular formula is C62H88N17O16P. The molecule has 18 N–H and O–H groups in total.